The van der Waals surface area contributed by atoms with Crippen molar-refractivity contribution >= 4 is 11.9 Å². The number of esters is 2. The van der Waals surface area contributed by atoms with Gasteiger partial charge in [-0.3, -0.25) is 0 Å². The lowest BCUT2D eigenvalue weighted by atomic mass is 9.51. The van der Waals surface area contributed by atoms with Crippen LogP contribution >= 0.6 is 0 Å². The third kappa shape index (κ3) is 3.18. The highest BCUT2D eigenvalue weighted by molar-refractivity contribution is 5.82. The zero-order valence-corrected chi connectivity index (χ0v) is 22.5. The number of carbonyl (C=O) groups is 2. The molecule has 0 N–H and O–H groups in total. The van der Waals surface area contributed by atoms with Gasteiger partial charge in [-0.1, -0.05) is 31.2 Å². The molecular weight excluding hydrogens is 508 g/mol. The highest BCUT2D eigenvalue weighted by Crippen LogP contribution is 2.74. The van der Waals surface area contributed by atoms with Crippen LogP contribution in [0.2, 0.25) is 0 Å². The van der Waals surface area contributed by atoms with Gasteiger partial charge in [-0.25, -0.2) is 9.59 Å². The molecular formula is C29H34O10. The van der Waals surface area contributed by atoms with E-state index in [-0.39, 0.29) is 43.2 Å². The molecule has 8 rings (SSSR count). The van der Waals surface area contributed by atoms with Crippen molar-refractivity contribution in [2.75, 3.05) is 13.2 Å². The van der Waals surface area contributed by atoms with Gasteiger partial charge in [-0.2, -0.15) is 0 Å². The van der Waals surface area contributed by atoms with Crippen LogP contribution in [0.3, 0.4) is 0 Å². The number of rotatable bonds is 0. The summed E-state index contributed by atoms with van der Waals surface area (Å²) in [6.45, 7) is 8.47. The number of fused-ring (bicyclic) bond motifs is 4. The van der Waals surface area contributed by atoms with Crippen LogP contribution in [0.4, 0.5) is 0 Å². The minimum atomic E-state index is -0.804. The first kappa shape index (κ1) is 24.7. The molecule has 0 amide bonds. The highest BCUT2D eigenvalue weighted by Gasteiger charge is 2.87. The maximum atomic E-state index is 13.4. The maximum absolute atomic E-state index is 13.4. The summed E-state index contributed by atoms with van der Waals surface area (Å²) in [6, 6.07) is 0. The largest absolute Gasteiger partial charge is 0.463 e. The number of hydrogen-bond acceptors (Lipinski definition) is 10. The molecule has 8 aliphatic rings. The molecule has 1 saturated carbocycles. The van der Waals surface area contributed by atoms with Crippen LogP contribution in [-0.2, 0) is 47.5 Å². The summed E-state index contributed by atoms with van der Waals surface area (Å²) >= 11 is 0. The Morgan fingerprint density at radius 1 is 1.00 bits per heavy atom. The Labute approximate surface area is 226 Å². The number of carbonyl (C=O) groups excluding carboxylic acids is 2. The Morgan fingerprint density at radius 2 is 1.82 bits per heavy atom. The molecule has 210 valence electrons. The van der Waals surface area contributed by atoms with E-state index in [9.17, 15) is 9.59 Å². The van der Waals surface area contributed by atoms with Crippen molar-refractivity contribution in [1.82, 2.24) is 0 Å². The van der Waals surface area contributed by atoms with Crippen LogP contribution in [0, 0.1) is 10.8 Å². The minimum Gasteiger partial charge on any atom is -0.463 e. The van der Waals surface area contributed by atoms with Gasteiger partial charge in [0, 0.05) is 18.9 Å². The smallest absolute Gasteiger partial charge is 0.338 e. The first-order chi connectivity index (χ1) is 18.6. The summed E-state index contributed by atoms with van der Waals surface area (Å²) in [7, 11) is 0. The van der Waals surface area contributed by atoms with Crippen molar-refractivity contribution in [3.8, 4) is 0 Å². The number of hydrogen-bond donors (Lipinski definition) is 0. The van der Waals surface area contributed by atoms with E-state index < -0.39 is 52.5 Å². The fourth-order valence-corrected chi connectivity index (χ4v) is 8.26. The van der Waals surface area contributed by atoms with Crippen molar-refractivity contribution in [3.63, 3.8) is 0 Å². The first-order valence-corrected chi connectivity index (χ1v) is 14.0. The molecule has 8 unspecified atom stereocenters. The number of allylic oxidation sites excluding steroid dienone is 2. The zero-order chi connectivity index (χ0) is 26.9. The third-order valence-corrected chi connectivity index (χ3v) is 10.7. The lowest BCUT2D eigenvalue weighted by Crippen LogP contribution is -2.69. The van der Waals surface area contributed by atoms with Gasteiger partial charge in [-0.15, -0.1) is 0 Å². The van der Waals surface area contributed by atoms with Gasteiger partial charge in [-0.05, 0) is 26.3 Å². The molecule has 0 aromatic heterocycles. The van der Waals surface area contributed by atoms with Crippen molar-refractivity contribution in [2.24, 2.45) is 10.8 Å². The van der Waals surface area contributed by atoms with Crippen LogP contribution in [-0.4, -0.2) is 91.5 Å². The molecule has 0 aromatic rings. The fraction of sp³-hybridized carbons (Fsp3) is 0.724. The predicted octanol–water partition coefficient (Wildman–Crippen LogP) is 1.91. The standard InChI is InChI=1S/C29H34O10/c1-14-9-18-28(23-22(14)38-23)12-32-25(31)24-26(3,39-24)11-21-34-15(2)16(35-21)7-5-6-8-20(30)37-17-10-19(36-18)29(13-33-29)27(17,28)4/h5-9,15-19,21-24H,10-13H2,1-4H3/b7-5-,8-6-/t15?,16?,17-,18-,19?,21?,22?,23-,24?,26?,27?,28-,29+/m1/s1. The van der Waals surface area contributed by atoms with E-state index >= 15 is 0 Å². The molecule has 10 nitrogen and oxygen atoms in total. The Bertz CT molecular complexity index is 1220. The van der Waals surface area contributed by atoms with Crippen LogP contribution < -0.4 is 0 Å². The van der Waals surface area contributed by atoms with Crippen molar-refractivity contribution in [3.05, 3.63) is 36.0 Å². The lowest BCUT2D eigenvalue weighted by Gasteiger charge is -2.57. The number of epoxide rings is 3. The van der Waals surface area contributed by atoms with Gasteiger partial charge in [0.1, 0.15) is 42.2 Å². The summed E-state index contributed by atoms with van der Waals surface area (Å²) < 4.78 is 49.2. The van der Waals surface area contributed by atoms with Crippen LogP contribution in [0.15, 0.2) is 36.0 Å². The second kappa shape index (κ2) is 7.80. The fourth-order valence-electron chi connectivity index (χ4n) is 8.26. The molecule has 2 spiro atoms. The predicted molar refractivity (Wildman–Crippen MR) is 131 cm³/mol. The molecule has 6 fully saturated rings. The third-order valence-electron chi connectivity index (χ3n) is 10.7. The Hall–Kier alpha value is -2.08. The summed E-state index contributed by atoms with van der Waals surface area (Å²) in [4.78, 5) is 26.5. The highest BCUT2D eigenvalue weighted by atomic mass is 16.7. The van der Waals surface area contributed by atoms with E-state index in [2.05, 4.69) is 13.0 Å². The molecule has 0 aromatic carbocycles. The van der Waals surface area contributed by atoms with Gasteiger partial charge in [0.2, 0.25) is 0 Å². The SMILES string of the molecule is CC1=C[C@H]2OC3C[C@H]4OC(=O)/C=C\C=C/C5OC(CC6(C)OC6C(=O)OC[C@@]2([C@@H]2OC12)C4(C)[C@]31CO1)OC5C. The second-order valence-electron chi connectivity index (χ2n) is 12.8. The van der Waals surface area contributed by atoms with Gasteiger partial charge in [0.25, 0.3) is 0 Å². The van der Waals surface area contributed by atoms with Gasteiger partial charge in [0.15, 0.2) is 12.4 Å². The second-order valence-corrected chi connectivity index (χ2v) is 12.8. The van der Waals surface area contributed by atoms with E-state index in [4.69, 9.17) is 37.9 Å². The lowest BCUT2D eigenvalue weighted by molar-refractivity contribution is -0.236. The van der Waals surface area contributed by atoms with E-state index in [0.29, 0.717) is 19.4 Å². The topological polar surface area (TPSA) is 118 Å². The number of cyclic esters (lactones) is 1. The Morgan fingerprint density at radius 3 is 2.62 bits per heavy atom. The average molecular weight is 543 g/mol. The van der Waals surface area contributed by atoms with E-state index in [0.717, 1.165) is 5.57 Å². The van der Waals surface area contributed by atoms with Crippen molar-refractivity contribution in [1.29, 1.82) is 0 Å². The monoisotopic (exact) mass is 542 g/mol. The molecule has 6 aliphatic heterocycles. The summed E-state index contributed by atoms with van der Waals surface area (Å²) in [5, 5.41) is 0. The van der Waals surface area contributed by atoms with E-state index in [1.807, 2.05) is 26.8 Å². The van der Waals surface area contributed by atoms with Gasteiger partial charge < -0.3 is 37.9 Å². The Balaban J connectivity index is 1.18. The molecule has 39 heavy (non-hydrogen) atoms. The van der Waals surface area contributed by atoms with Crippen LogP contribution in [0.1, 0.15) is 40.5 Å². The minimum absolute atomic E-state index is 0.0356. The Kier molecular flexibility index (Phi) is 4.94. The molecule has 6 heterocycles. The molecule has 5 saturated heterocycles. The molecule has 0 radical (unpaired) electrons. The van der Waals surface area contributed by atoms with Crippen molar-refractivity contribution < 1.29 is 47.5 Å². The summed E-state index contributed by atoms with van der Waals surface area (Å²) in [6.07, 6.45) is 6.49. The van der Waals surface area contributed by atoms with E-state index in [1.165, 1.54) is 6.08 Å². The quantitative estimate of drug-likeness (QED) is 0.255. The average Bonchev–Trinajstić information content (AvgIpc) is 3.78. The normalized spacial score (nSPS) is 58.5. The zero-order valence-electron chi connectivity index (χ0n) is 22.5. The molecule has 4 bridgehead atoms. The number of ether oxygens (including phenoxy) is 8. The van der Waals surface area contributed by atoms with Crippen molar-refractivity contribution in [2.45, 2.75) is 107 Å². The summed E-state index contributed by atoms with van der Waals surface area (Å²) in [5.41, 5.74) is -1.78. The first-order valence-electron chi connectivity index (χ1n) is 14.0. The van der Waals surface area contributed by atoms with Gasteiger partial charge >= 0.3 is 11.9 Å². The van der Waals surface area contributed by atoms with Crippen LogP contribution in [0.25, 0.3) is 0 Å². The molecule has 10 heteroatoms. The molecule has 2 aliphatic carbocycles. The van der Waals surface area contributed by atoms with E-state index in [1.54, 1.807) is 12.2 Å². The molecule has 13 atom stereocenters. The summed E-state index contributed by atoms with van der Waals surface area (Å²) in [5.74, 6) is -0.893. The maximum Gasteiger partial charge on any atom is 0.338 e. The van der Waals surface area contributed by atoms with Crippen LogP contribution in [0.5, 0.6) is 0 Å². The van der Waals surface area contributed by atoms with Gasteiger partial charge in [0.05, 0.1) is 35.7 Å².